The summed E-state index contributed by atoms with van der Waals surface area (Å²) in [5, 5.41) is 7.02. The Labute approximate surface area is 136 Å². The van der Waals surface area contributed by atoms with Gasteiger partial charge in [0, 0.05) is 30.9 Å². The molecular weight excluding hydrogens is 292 g/mol. The molecule has 1 amide bonds. The molecule has 0 spiro atoms. The summed E-state index contributed by atoms with van der Waals surface area (Å²) >= 11 is 0. The van der Waals surface area contributed by atoms with Crippen molar-refractivity contribution in [2.24, 2.45) is 7.05 Å². The third kappa shape index (κ3) is 3.53. The van der Waals surface area contributed by atoms with E-state index in [0.29, 0.717) is 12.4 Å². The largest absolute Gasteiger partial charge is 0.496 e. The predicted molar refractivity (Wildman–Crippen MR) is 88.4 cm³/mol. The van der Waals surface area contributed by atoms with Crippen LogP contribution in [0.15, 0.2) is 36.5 Å². The van der Waals surface area contributed by atoms with Crippen LogP contribution in [0.4, 0.5) is 5.82 Å². The van der Waals surface area contributed by atoms with E-state index < -0.39 is 0 Å². The first-order valence-corrected chi connectivity index (χ1v) is 7.84. The number of aryl methyl sites for hydroxylation is 1. The van der Waals surface area contributed by atoms with Crippen LogP contribution in [0, 0.1) is 0 Å². The molecule has 1 saturated heterocycles. The first kappa shape index (κ1) is 15.6. The van der Waals surface area contributed by atoms with E-state index in [-0.39, 0.29) is 11.9 Å². The molecule has 1 aromatic heterocycles. The van der Waals surface area contributed by atoms with Gasteiger partial charge in [-0.1, -0.05) is 18.2 Å². The van der Waals surface area contributed by atoms with E-state index in [1.807, 2.05) is 31.4 Å². The number of carbonyl (C=O) groups excluding carboxylic acids is 1. The lowest BCUT2D eigenvalue weighted by atomic mass is 10.0. The Balaban J connectivity index is 1.68. The maximum atomic E-state index is 12.3. The maximum absolute atomic E-state index is 12.3. The number of amides is 1. The number of methoxy groups -OCH3 is 1. The molecule has 1 aliphatic rings. The zero-order chi connectivity index (χ0) is 16.2. The molecule has 0 saturated carbocycles. The van der Waals surface area contributed by atoms with E-state index in [1.165, 1.54) is 0 Å². The predicted octanol–water partition coefficient (Wildman–Crippen LogP) is 2.20. The summed E-state index contributed by atoms with van der Waals surface area (Å²) in [6.07, 6.45) is 3.93. The lowest BCUT2D eigenvalue weighted by molar-refractivity contribution is -0.117. The summed E-state index contributed by atoms with van der Waals surface area (Å²) in [4.78, 5) is 14.5. The topological polar surface area (TPSA) is 59.4 Å². The molecule has 1 aliphatic heterocycles. The number of aromatic nitrogens is 2. The summed E-state index contributed by atoms with van der Waals surface area (Å²) in [5.74, 6) is 1.44. The highest BCUT2D eigenvalue weighted by Gasteiger charge is 2.29. The lowest BCUT2D eigenvalue weighted by Crippen LogP contribution is -2.33. The van der Waals surface area contributed by atoms with E-state index in [2.05, 4.69) is 21.4 Å². The number of nitrogens with zero attached hydrogens (tertiary/aromatic N) is 3. The highest BCUT2D eigenvalue weighted by molar-refractivity contribution is 5.91. The Bertz CT molecular complexity index is 683. The number of para-hydroxylation sites is 1. The number of benzene rings is 1. The minimum absolute atomic E-state index is 0.0366. The monoisotopic (exact) mass is 314 g/mol. The van der Waals surface area contributed by atoms with E-state index in [0.717, 1.165) is 30.7 Å². The Morgan fingerprint density at radius 2 is 2.22 bits per heavy atom. The average molecular weight is 314 g/mol. The van der Waals surface area contributed by atoms with Gasteiger partial charge in [0.1, 0.15) is 5.75 Å². The van der Waals surface area contributed by atoms with Gasteiger partial charge in [0.05, 0.1) is 13.7 Å². The number of rotatable bonds is 5. The van der Waals surface area contributed by atoms with Crippen molar-refractivity contribution in [1.29, 1.82) is 0 Å². The second kappa shape index (κ2) is 6.83. The molecule has 0 unspecified atom stereocenters. The van der Waals surface area contributed by atoms with Gasteiger partial charge in [-0.15, -0.1) is 0 Å². The van der Waals surface area contributed by atoms with Crippen molar-refractivity contribution in [3.8, 4) is 5.75 Å². The SMILES string of the molecule is COc1ccccc1[C@H]1CCCN1CC(=O)Nc1ccn(C)n1. The van der Waals surface area contributed by atoms with Crippen LogP contribution in [0.2, 0.25) is 0 Å². The van der Waals surface area contributed by atoms with Gasteiger partial charge in [-0.3, -0.25) is 14.4 Å². The number of ether oxygens (including phenoxy) is 1. The van der Waals surface area contributed by atoms with Gasteiger partial charge in [0.2, 0.25) is 5.91 Å². The van der Waals surface area contributed by atoms with Crippen LogP contribution in [0.1, 0.15) is 24.4 Å². The van der Waals surface area contributed by atoms with Crippen LogP contribution in [0.25, 0.3) is 0 Å². The number of anilines is 1. The van der Waals surface area contributed by atoms with Crippen LogP contribution in [-0.4, -0.2) is 40.8 Å². The Morgan fingerprint density at radius 1 is 1.39 bits per heavy atom. The van der Waals surface area contributed by atoms with Crippen molar-refractivity contribution in [2.45, 2.75) is 18.9 Å². The lowest BCUT2D eigenvalue weighted by Gasteiger charge is -2.25. The quantitative estimate of drug-likeness (QED) is 0.919. The molecule has 1 atom stereocenters. The number of carbonyl (C=O) groups is 1. The van der Waals surface area contributed by atoms with Gasteiger partial charge in [-0.25, -0.2) is 0 Å². The Kier molecular flexibility index (Phi) is 4.62. The molecule has 1 fully saturated rings. The fraction of sp³-hybridized carbons (Fsp3) is 0.412. The molecule has 2 heterocycles. The van der Waals surface area contributed by atoms with Crippen LogP contribution in [0.3, 0.4) is 0 Å². The van der Waals surface area contributed by atoms with Crippen LogP contribution in [-0.2, 0) is 11.8 Å². The summed E-state index contributed by atoms with van der Waals surface area (Å²) < 4.78 is 7.14. The molecule has 3 rings (SSSR count). The van der Waals surface area contributed by atoms with Crippen molar-refractivity contribution in [3.05, 3.63) is 42.1 Å². The second-order valence-corrected chi connectivity index (χ2v) is 5.79. The van der Waals surface area contributed by atoms with Gasteiger partial charge in [-0.2, -0.15) is 5.10 Å². The number of likely N-dealkylation sites (tertiary alicyclic amines) is 1. The van der Waals surface area contributed by atoms with Gasteiger partial charge in [0.15, 0.2) is 5.82 Å². The molecule has 6 nitrogen and oxygen atoms in total. The van der Waals surface area contributed by atoms with Crippen LogP contribution >= 0.6 is 0 Å². The van der Waals surface area contributed by atoms with Crippen molar-refractivity contribution >= 4 is 11.7 Å². The minimum atomic E-state index is -0.0366. The molecular formula is C17H22N4O2. The minimum Gasteiger partial charge on any atom is -0.496 e. The Hall–Kier alpha value is -2.34. The number of hydrogen-bond donors (Lipinski definition) is 1. The van der Waals surface area contributed by atoms with Gasteiger partial charge in [-0.05, 0) is 25.5 Å². The smallest absolute Gasteiger partial charge is 0.239 e. The highest BCUT2D eigenvalue weighted by atomic mass is 16.5. The van der Waals surface area contributed by atoms with Crippen molar-refractivity contribution in [1.82, 2.24) is 14.7 Å². The summed E-state index contributed by atoms with van der Waals surface area (Å²) in [7, 11) is 3.51. The summed E-state index contributed by atoms with van der Waals surface area (Å²) in [6.45, 7) is 1.28. The standard InChI is InChI=1S/C17H22N4O2/c1-20-11-9-16(19-20)18-17(22)12-21-10-5-7-14(21)13-6-3-4-8-15(13)23-2/h3-4,6,8-9,11,14H,5,7,10,12H2,1-2H3,(H,18,19,22)/t14-/m1/s1. The van der Waals surface area contributed by atoms with Gasteiger partial charge < -0.3 is 10.1 Å². The van der Waals surface area contributed by atoms with Crippen LogP contribution < -0.4 is 10.1 Å². The molecule has 122 valence electrons. The first-order valence-electron chi connectivity index (χ1n) is 7.84. The number of hydrogen-bond acceptors (Lipinski definition) is 4. The van der Waals surface area contributed by atoms with Crippen molar-refractivity contribution in [2.75, 3.05) is 25.5 Å². The van der Waals surface area contributed by atoms with E-state index in [4.69, 9.17) is 4.74 Å². The molecule has 6 heteroatoms. The zero-order valence-electron chi connectivity index (χ0n) is 13.5. The molecule has 23 heavy (non-hydrogen) atoms. The molecule has 0 aliphatic carbocycles. The van der Waals surface area contributed by atoms with Crippen molar-refractivity contribution in [3.63, 3.8) is 0 Å². The second-order valence-electron chi connectivity index (χ2n) is 5.79. The fourth-order valence-corrected chi connectivity index (χ4v) is 3.16. The summed E-state index contributed by atoms with van der Waals surface area (Å²) in [5.41, 5.74) is 1.15. The Morgan fingerprint density at radius 3 is 2.96 bits per heavy atom. The third-order valence-corrected chi connectivity index (χ3v) is 4.19. The summed E-state index contributed by atoms with van der Waals surface area (Å²) in [6, 6.07) is 10.1. The zero-order valence-corrected chi connectivity index (χ0v) is 13.5. The van der Waals surface area contributed by atoms with E-state index >= 15 is 0 Å². The molecule has 0 radical (unpaired) electrons. The van der Waals surface area contributed by atoms with E-state index in [1.54, 1.807) is 17.9 Å². The normalized spacial score (nSPS) is 18.1. The molecule has 0 bridgehead atoms. The number of nitrogens with one attached hydrogen (secondary N) is 1. The third-order valence-electron chi connectivity index (χ3n) is 4.19. The maximum Gasteiger partial charge on any atom is 0.239 e. The fourth-order valence-electron chi connectivity index (χ4n) is 3.16. The molecule has 1 N–H and O–H groups in total. The molecule has 2 aromatic rings. The molecule has 1 aromatic carbocycles. The highest BCUT2D eigenvalue weighted by Crippen LogP contribution is 2.36. The van der Waals surface area contributed by atoms with E-state index in [9.17, 15) is 4.79 Å². The van der Waals surface area contributed by atoms with Gasteiger partial charge in [0.25, 0.3) is 0 Å². The average Bonchev–Trinajstić information content (AvgIpc) is 3.16. The van der Waals surface area contributed by atoms with Crippen LogP contribution in [0.5, 0.6) is 5.75 Å². The first-order chi connectivity index (χ1) is 11.2. The van der Waals surface area contributed by atoms with Gasteiger partial charge >= 0.3 is 0 Å². The van der Waals surface area contributed by atoms with Crippen molar-refractivity contribution < 1.29 is 9.53 Å².